The maximum atomic E-state index is 14.3. The van der Waals surface area contributed by atoms with E-state index in [1.807, 2.05) is 30.3 Å². The lowest BCUT2D eigenvalue weighted by molar-refractivity contribution is 0.199. The predicted octanol–water partition coefficient (Wildman–Crippen LogP) is 5.90. The molecule has 2 aliphatic carbocycles. The van der Waals surface area contributed by atoms with Crippen LogP contribution in [0.25, 0.3) is 0 Å². The zero-order valence-electron chi connectivity index (χ0n) is 18.0. The molecule has 2 aromatic rings. The number of benzene rings is 2. The fourth-order valence-electron chi connectivity index (χ4n) is 4.81. The van der Waals surface area contributed by atoms with Crippen molar-refractivity contribution >= 4 is 11.1 Å². The Morgan fingerprint density at radius 1 is 1.06 bits per heavy atom. The quantitative estimate of drug-likeness (QED) is 0.487. The first-order valence-corrected chi connectivity index (χ1v) is 12.4. The summed E-state index contributed by atoms with van der Waals surface area (Å²) in [5.41, 5.74) is 1.86. The highest BCUT2D eigenvalue weighted by Crippen LogP contribution is 2.44. The summed E-state index contributed by atoms with van der Waals surface area (Å²) in [6.07, 6.45) is 6.17. The SMILES string of the molecule is COc1ccc(F)c([C@H]2CC[C@H](COc3cccc([C@@H](CS(=O)O)C4CC4)c3)CC2)c1. The molecule has 4 rings (SSSR count). The van der Waals surface area contributed by atoms with E-state index in [-0.39, 0.29) is 17.7 Å². The second-order valence-corrected chi connectivity index (χ2v) is 9.90. The van der Waals surface area contributed by atoms with Gasteiger partial charge in [0.2, 0.25) is 0 Å². The smallest absolute Gasteiger partial charge is 0.153 e. The number of ether oxygens (including phenoxy) is 2. The standard InChI is InChI=1S/C25H31FO4S/c1-29-21-11-12-25(26)23(14-21)18-7-5-17(6-8-18)15-30-22-4-2-3-20(13-22)24(16-31(27)28)19-9-10-19/h2-4,11-14,17-19,24H,5-10,15-16H2,1H3,(H,27,28)/t17-,18-,24-/m0/s1. The Labute approximate surface area is 186 Å². The second kappa shape index (κ2) is 10.1. The topological polar surface area (TPSA) is 55.8 Å². The molecule has 0 spiro atoms. The molecule has 2 aliphatic rings. The van der Waals surface area contributed by atoms with Crippen LogP contribution >= 0.6 is 0 Å². The molecule has 0 aliphatic heterocycles. The van der Waals surface area contributed by atoms with Gasteiger partial charge in [0.05, 0.1) is 19.5 Å². The van der Waals surface area contributed by atoms with Crippen LogP contribution in [-0.4, -0.2) is 28.2 Å². The van der Waals surface area contributed by atoms with Crippen molar-refractivity contribution in [1.29, 1.82) is 0 Å². The van der Waals surface area contributed by atoms with E-state index in [0.717, 1.165) is 55.4 Å². The summed E-state index contributed by atoms with van der Waals surface area (Å²) in [6.45, 7) is 0.650. The molecule has 2 fully saturated rings. The zero-order valence-corrected chi connectivity index (χ0v) is 18.8. The monoisotopic (exact) mass is 446 g/mol. The summed E-state index contributed by atoms with van der Waals surface area (Å²) in [5.74, 6) is 3.00. The van der Waals surface area contributed by atoms with Crippen molar-refractivity contribution in [1.82, 2.24) is 0 Å². The molecule has 0 heterocycles. The number of rotatable bonds is 9. The largest absolute Gasteiger partial charge is 0.497 e. The third-order valence-corrected chi connectivity index (χ3v) is 7.42. The Hall–Kier alpha value is -1.92. The minimum Gasteiger partial charge on any atom is -0.497 e. The van der Waals surface area contributed by atoms with Crippen LogP contribution in [0.3, 0.4) is 0 Å². The average Bonchev–Trinajstić information content (AvgIpc) is 3.62. The van der Waals surface area contributed by atoms with E-state index in [4.69, 9.17) is 9.47 Å². The maximum Gasteiger partial charge on any atom is 0.153 e. The molecule has 1 unspecified atom stereocenters. The van der Waals surface area contributed by atoms with Gasteiger partial charge in [-0.3, -0.25) is 0 Å². The molecule has 1 N–H and O–H groups in total. The lowest BCUT2D eigenvalue weighted by Gasteiger charge is -2.29. The maximum absolute atomic E-state index is 14.3. The van der Waals surface area contributed by atoms with E-state index in [0.29, 0.717) is 29.9 Å². The van der Waals surface area contributed by atoms with E-state index in [9.17, 15) is 13.2 Å². The van der Waals surface area contributed by atoms with E-state index < -0.39 is 11.1 Å². The lowest BCUT2D eigenvalue weighted by Crippen LogP contribution is -2.20. The van der Waals surface area contributed by atoms with Gasteiger partial charge in [-0.15, -0.1) is 0 Å². The molecule has 2 saturated carbocycles. The van der Waals surface area contributed by atoms with Crippen LogP contribution in [0.1, 0.15) is 61.5 Å². The van der Waals surface area contributed by atoms with E-state index in [1.54, 1.807) is 13.2 Å². The first-order chi connectivity index (χ1) is 15.0. The molecular formula is C25H31FO4S. The number of methoxy groups -OCH3 is 1. The van der Waals surface area contributed by atoms with Crippen molar-refractivity contribution in [3.63, 3.8) is 0 Å². The van der Waals surface area contributed by atoms with Crippen molar-refractivity contribution in [3.8, 4) is 11.5 Å². The molecular weight excluding hydrogens is 415 g/mol. The molecule has 0 bridgehead atoms. The minimum atomic E-state index is -1.79. The molecule has 0 amide bonds. The lowest BCUT2D eigenvalue weighted by atomic mass is 9.79. The minimum absolute atomic E-state index is 0.127. The van der Waals surface area contributed by atoms with Gasteiger partial charge < -0.3 is 14.0 Å². The fourth-order valence-corrected chi connectivity index (χ4v) is 5.58. The van der Waals surface area contributed by atoms with Crippen LogP contribution in [-0.2, 0) is 11.1 Å². The van der Waals surface area contributed by atoms with Crippen molar-refractivity contribution < 1.29 is 22.6 Å². The van der Waals surface area contributed by atoms with Gasteiger partial charge in [-0.1, -0.05) is 12.1 Å². The van der Waals surface area contributed by atoms with Gasteiger partial charge in [-0.25, -0.2) is 8.60 Å². The fraction of sp³-hybridized carbons (Fsp3) is 0.520. The zero-order chi connectivity index (χ0) is 21.8. The Morgan fingerprint density at radius 3 is 2.52 bits per heavy atom. The summed E-state index contributed by atoms with van der Waals surface area (Å²) in [7, 11) is 1.61. The first-order valence-electron chi connectivity index (χ1n) is 11.2. The highest BCUT2D eigenvalue weighted by Gasteiger charge is 2.33. The molecule has 31 heavy (non-hydrogen) atoms. The van der Waals surface area contributed by atoms with Crippen LogP contribution in [0.15, 0.2) is 42.5 Å². The normalized spacial score (nSPS) is 23.2. The van der Waals surface area contributed by atoms with Crippen molar-refractivity contribution in [2.24, 2.45) is 11.8 Å². The predicted molar refractivity (Wildman–Crippen MR) is 121 cm³/mol. The summed E-state index contributed by atoms with van der Waals surface area (Å²) in [6, 6.07) is 13.0. The molecule has 0 saturated heterocycles. The Morgan fingerprint density at radius 2 is 1.84 bits per heavy atom. The van der Waals surface area contributed by atoms with Crippen molar-refractivity contribution in [2.75, 3.05) is 19.5 Å². The van der Waals surface area contributed by atoms with Gasteiger partial charge in [0.1, 0.15) is 17.3 Å². The van der Waals surface area contributed by atoms with E-state index in [2.05, 4.69) is 0 Å². The van der Waals surface area contributed by atoms with Crippen LogP contribution in [0.2, 0.25) is 0 Å². The molecule has 168 valence electrons. The highest BCUT2D eigenvalue weighted by atomic mass is 32.2. The number of hydrogen-bond acceptors (Lipinski definition) is 3. The summed E-state index contributed by atoms with van der Waals surface area (Å²) < 4.78 is 46.4. The molecule has 0 radical (unpaired) electrons. The third kappa shape index (κ3) is 5.86. The molecule has 6 heteroatoms. The van der Waals surface area contributed by atoms with Gasteiger partial charge in [-0.05, 0) is 97.7 Å². The van der Waals surface area contributed by atoms with Crippen LogP contribution in [0.4, 0.5) is 4.39 Å². The van der Waals surface area contributed by atoms with Gasteiger partial charge in [-0.2, -0.15) is 0 Å². The van der Waals surface area contributed by atoms with Crippen LogP contribution in [0, 0.1) is 17.7 Å². The Balaban J connectivity index is 1.31. The summed E-state index contributed by atoms with van der Waals surface area (Å²) in [4.78, 5) is 0. The highest BCUT2D eigenvalue weighted by molar-refractivity contribution is 7.79. The number of halogens is 1. The number of hydrogen-bond donors (Lipinski definition) is 1. The van der Waals surface area contributed by atoms with Crippen LogP contribution < -0.4 is 9.47 Å². The summed E-state index contributed by atoms with van der Waals surface area (Å²) >= 11 is -1.79. The third-order valence-electron chi connectivity index (χ3n) is 6.77. The van der Waals surface area contributed by atoms with Gasteiger partial charge in [0, 0.05) is 5.92 Å². The Bertz CT molecular complexity index is 906. The van der Waals surface area contributed by atoms with Gasteiger partial charge >= 0.3 is 0 Å². The Kier molecular flexibility index (Phi) is 7.28. The first kappa shape index (κ1) is 22.3. The van der Waals surface area contributed by atoms with Gasteiger partial charge in [0.15, 0.2) is 11.1 Å². The average molecular weight is 447 g/mol. The molecule has 2 aromatic carbocycles. The molecule has 2 atom stereocenters. The summed E-state index contributed by atoms with van der Waals surface area (Å²) in [5, 5.41) is 0. The van der Waals surface area contributed by atoms with Crippen molar-refractivity contribution in [2.45, 2.75) is 50.4 Å². The van der Waals surface area contributed by atoms with E-state index in [1.165, 1.54) is 6.07 Å². The van der Waals surface area contributed by atoms with Crippen LogP contribution in [0.5, 0.6) is 11.5 Å². The van der Waals surface area contributed by atoms with E-state index >= 15 is 0 Å². The van der Waals surface area contributed by atoms with Gasteiger partial charge in [0.25, 0.3) is 0 Å². The molecule has 4 nitrogen and oxygen atoms in total. The van der Waals surface area contributed by atoms with Crippen molar-refractivity contribution in [3.05, 3.63) is 59.4 Å². The second-order valence-electron chi connectivity index (χ2n) is 8.92. The molecule has 0 aromatic heterocycles.